The van der Waals surface area contributed by atoms with E-state index in [1.165, 1.54) is 12.1 Å². The summed E-state index contributed by atoms with van der Waals surface area (Å²) < 4.78 is 0. The Balaban J connectivity index is 2.26. The van der Waals surface area contributed by atoms with Crippen LogP contribution in [0.1, 0.15) is 36.8 Å². The lowest BCUT2D eigenvalue weighted by Gasteiger charge is -2.25. The summed E-state index contributed by atoms with van der Waals surface area (Å²) in [6, 6.07) is 9.77. The number of aromatic hydroxyl groups is 1. The zero-order valence-corrected chi connectivity index (χ0v) is 22.6. The summed E-state index contributed by atoms with van der Waals surface area (Å²) in [6.07, 6.45) is 0.735. The van der Waals surface area contributed by atoms with Crippen LogP contribution in [-0.4, -0.2) is 70.5 Å². The molecule has 0 heterocycles. The van der Waals surface area contributed by atoms with Crippen LogP contribution < -0.4 is 33.2 Å². The Hall–Kier alpha value is -4.49. The van der Waals surface area contributed by atoms with E-state index in [9.17, 15) is 34.2 Å². The van der Waals surface area contributed by atoms with Crippen molar-refractivity contribution in [3.8, 4) is 5.75 Å². The number of carboxylic acids is 1. The number of carbonyl (C=O) groups is 5. The van der Waals surface area contributed by atoms with Gasteiger partial charge in [0, 0.05) is 12.8 Å². The standard InChI is InChI=1S/C28H38N6O7/c29-13-5-4-8-21(32-25(37)20(30)16-24(31)36)26(38)33-22(14-18-9-11-19(35)12-10-18)27(39)34-23(28(40)41)15-17-6-2-1-3-7-17/h1-3,6-7,9-12,20-23,35H,4-5,8,13-16,29-30H2,(H2,31,36)(H,32,37)(H,33,38)(H,34,39)(H,40,41). The zero-order chi connectivity index (χ0) is 30.4. The van der Waals surface area contributed by atoms with Crippen molar-refractivity contribution in [2.75, 3.05) is 6.54 Å². The first-order chi connectivity index (χ1) is 19.5. The third kappa shape index (κ3) is 11.6. The summed E-state index contributed by atoms with van der Waals surface area (Å²) in [5, 5.41) is 27.0. The van der Waals surface area contributed by atoms with Crippen LogP contribution in [0.3, 0.4) is 0 Å². The van der Waals surface area contributed by atoms with Gasteiger partial charge in [-0.05, 0) is 49.1 Å². The number of nitrogens with one attached hydrogen (secondary N) is 3. The van der Waals surface area contributed by atoms with Crippen LogP contribution in [0, 0.1) is 0 Å². The maximum atomic E-state index is 13.4. The van der Waals surface area contributed by atoms with Crippen LogP contribution in [0.2, 0.25) is 0 Å². The second kappa shape index (κ2) is 16.6. The van der Waals surface area contributed by atoms with Crippen molar-refractivity contribution in [1.29, 1.82) is 0 Å². The van der Waals surface area contributed by atoms with E-state index in [0.717, 1.165) is 0 Å². The molecule has 0 saturated carbocycles. The molecule has 13 heteroatoms. The van der Waals surface area contributed by atoms with E-state index >= 15 is 0 Å². The molecular weight excluding hydrogens is 532 g/mol. The van der Waals surface area contributed by atoms with E-state index in [1.807, 2.05) is 0 Å². The maximum absolute atomic E-state index is 13.4. The van der Waals surface area contributed by atoms with E-state index in [-0.39, 0.29) is 25.0 Å². The monoisotopic (exact) mass is 570 g/mol. The van der Waals surface area contributed by atoms with Gasteiger partial charge in [-0.3, -0.25) is 19.2 Å². The molecule has 4 atom stereocenters. The number of unbranched alkanes of at least 4 members (excludes halogenated alkanes) is 1. The Morgan fingerprint density at radius 3 is 1.85 bits per heavy atom. The highest BCUT2D eigenvalue weighted by molar-refractivity contribution is 5.95. The number of carbonyl (C=O) groups excluding carboxylic acids is 4. The molecule has 2 aromatic rings. The molecule has 13 nitrogen and oxygen atoms in total. The molecule has 41 heavy (non-hydrogen) atoms. The van der Waals surface area contributed by atoms with Crippen molar-refractivity contribution < 1.29 is 34.2 Å². The van der Waals surface area contributed by atoms with Crippen LogP contribution in [0.5, 0.6) is 5.75 Å². The highest BCUT2D eigenvalue weighted by atomic mass is 16.4. The van der Waals surface area contributed by atoms with Crippen LogP contribution in [0.4, 0.5) is 0 Å². The minimum absolute atomic E-state index is 0.00238. The van der Waals surface area contributed by atoms with E-state index in [0.29, 0.717) is 30.5 Å². The van der Waals surface area contributed by atoms with E-state index in [2.05, 4.69) is 16.0 Å². The number of rotatable bonds is 17. The molecule has 0 fully saturated rings. The third-order valence-electron chi connectivity index (χ3n) is 6.24. The number of nitrogens with two attached hydrogens (primary N) is 3. The van der Waals surface area contributed by atoms with Gasteiger partial charge in [0.15, 0.2) is 0 Å². The molecule has 0 aliphatic heterocycles. The highest BCUT2D eigenvalue weighted by Gasteiger charge is 2.30. The molecule has 0 spiro atoms. The summed E-state index contributed by atoms with van der Waals surface area (Å²) in [6.45, 7) is 0.355. The van der Waals surface area contributed by atoms with Gasteiger partial charge >= 0.3 is 5.97 Å². The maximum Gasteiger partial charge on any atom is 0.326 e. The quantitative estimate of drug-likeness (QED) is 0.109. The Morgan fingerprint density at radius 1 is 0.732 bits per heavy atom. The first-order valence-corrected chi connectivity index (χ1v) is 13.2. The Morgan fingerprint density at radius 2 is 1.27 bits per heavy atom. The molecule has 2 rings (SSSR count). The molecule has 2 aromatic carbocycles. The first-order valence-electron chi connectivity index (χ1n) is 13.2. The Labute approximate surface area is 237 Å². The van der Waals surface area contributed by atoms with E-state index in [1.54, 1.807) is 42.5 Å². The number of phenolic OH excluding ortho intramolecular Hbond substituents is 1. The molecule has 222 valence electrons. The average molecular weight is 571 g/mol. The number of benzene rings is 2. The van der Waals surface area contributed by atoms with Gasteiger partial charge in [-0.1, -0.05) is 42.5 Å². The van der Waals surface area contributed by atoms with Gasteiger partial charge in [-0.25, -0.2) is 4.79 Å². The number of hydrogen-bond donors (Lipinski definition) is 8. The number of carboxylic acid groups (broad SMARTS) is 1. The number of primary amides is 1. The predicted molar refractivity (Wildman–Crippen MR) is 150 cm³/mol. The summed E-state index contributed by atoms with van der Waals surface area (Å²) in [5.74, 6) is -4.28. The normalized spacial score (nSPS) is 13.7. The molecule has 4 unspecified atom stereocenters. The molecule has 0 bridgehead atoms. The van der Waals surface area contributed by atoms with Gasteiger partial charge in [0.25, 0.3) is 0 Å². The SMILES string of the molecule is NCCCCC(NC(=O)C(N)CC(N)=O)C(=O)NC(Cc1ccc(O)cc1)C(=O)NC(Cc1ccccc1)C(=O)O. The van der Waals surface area contributed by atoms with Crippen molar-refractivity contribution in [1.82, 2.24) is 16.0 Å². The molecule has 0 saturated heterocycles. The number of hydrogen-bond acceptors (Lipinski definition) is 8. The molecule has 0 aliphatic rings. The fourth-order valence-corrected chi connectivity index (χ4v) is 4.02. The van der Waals surface area contributed by atoms with Gasteiger partial charge in [0.05, 0.1) is 12.5 Å². The highest BCUT2D eigenvalue weighted by Crippen LogP contribution is 2.13. The lowest BCUT2D eigenvalue weighted by Crippen LogP contribution is -2.58. The van der Waals surface area contributed by atoms with Gasteiger partial charge in [0.2, 0.25) is 23.6 Å². The molecule has 0 aliphatic carbocycles. The van der Waals surface area contributed by atoms with Crippen molar-refractivity contribution in [2.45, 2.75) is 62.7 Å². The summed E-state index contributed by atoms with van der Waals surface area (Å²) in [5.41, 5.74) is 17.7. The first kappa shape index (κ1) is 32.7. The molecule has 4 amide bonds. The zero-order valence-electron chi connectivity index (χ0n) is 22.6. The number of phenols is 1. The van der Waals surface area contributed by atoms with Crippen molar-refractivity contribution in [3.63, 3.8) is 0 Å². The van der Waals surface area contributed by atoms with Gasteiger partial charge in [-0.15, -0.1) is 0 Å². The topological polar surface area (TPSA) is 240 Å². The smallest absolute Gasteiger partial charge is 0.326 e. The van der Waals surface area contributed by atoms with Gasteiger partial charge in [0.1, 0.15) is 23.9 Å². The van der Waals surface area contributed by atoms with Crippen molar-refractivity contribution in [3.05, 3.63) is 65.7 Å². The summed E-state index contributed by atoms with van der Waals surface area (Å²) in [4.78, 5) is 62.4. The van der Waals surface area contributed by atoms with Crippen LogP contribution >= 0.6 is 0 Å². The lowest BCUT2D eigenvalue weighted by atomic mass is 10.0. The third-order valence-corrected chi connectivity index (χ3v) is 6.24. The second-order valence-electron chi connectivity index (χ2n) is 9.64. The predicted octanol–water partition coefficient (Wildman–Crippen LogP) is -0.952. The molecule has 0 aromatic heterocycles. The lowest BCUT2D eigenvalue weighted by molar-refractivity contribution is -0.142. The Kier molecular flexibility index (Phi) is 13.2. The van der Waals surface area contributed by atoms with E-state index in [4.69, 9.17) is 17.2 Å². The summed E-state index contributed by atoms with van der Waals surface area (Å²) >= 11 is 0. The van der Waals surface area contributed by atoms with Crippen molar-refractivity contribution >= 4 is 29.6 Å². The molecular formula is C28H38N6O7. The fourth-order valence-electron chi connectivity index (χ4n) is 4.02. The van der Waals surface area contributed by atoms with Crippen LogP contribution in [0.15, 0.2) is 54.6 Å². The van der Waals surface area contributed by atoms with E-state index < -0.39 is 60.2 Å². The fraction of sp³-hybridized carbons (Fsp3) is 0.393. The molecule has 0 radical (unpaired) electrons. The van der Waals surface area contributed by atoms with Crippen LogP contribution in [0.25, 0.3) is 0 Å². The Bertz CT molecular complexity index is 1180. The second-order valence-corrected chi connectivity index (χ2v) is 9.64. The average Bonchev–Trinajstić information content (AvgIpc) is 2.92. The minimum atomic E-state index is -1.28. The van der Waals surface area contributed by atoms with Crippen LogP contribution in [-0.2, 0) is 36.8 Å². The van der Waals surface area contributed by atoms with Gasteiger partial charge < -0.3 is 43.4 Å². The largest absolute Gasteiger partial charge is 0.508 e. The number of aliphatic carboxylic acids is 1. The van der Waals surface area contributed by atoms with Gasteiger partial charge in [-0.2, -0.15) is 0 Å². The minimum Gasteiger partial charge on any atom is -0.508 e. The summed E-state index contributed by atoms with van der Waals surface area (Å²) in [7, 11) is 0. The number of amides is 4. The van der Waals surface area contributed by atoms with Crippen molar-refractivity contribution in [2.24, 2.45) is 17.2 Å². The molecule has 11 N–H and O–H groups in total.